The van der Waals surface area contributed by atoms with Gasteiger partial charge in [-0.25, -0.2) is 4.98 Å². The van der Waals surface area contributed by atoms with E-state index in [9.17, 15) is 18.0 Å². The summed E-state index contributed by atoms with van der Waals surface area (Å²) in [4.78, 5) is 21.2. The molecule has 0 saturated carbocycles. The van der Waals surface area contributed by atoms with Gasteiger partial charge in [-0.3, -0.25) is 4.79 Å². The van der Waals surface area contributed by atoms with Gasteiger partial charge in [-0.2, -0.15) is 13.2 Å². The number of benzene rings is 2. The largest absolute Gasteiger partial charge is 0.416 e. The molecule has 2 aromatic carbocycles. The molecule has 1 saturated heterocycles. The molecule has 0 spiro atoms. The fraction of sp³-hybridized carbons (Fsp3) is 0.333. The van der Waals surface area contributed by atoms with Gasteiger partial charge in [0.25, 0.3) is 5.91 Å². The van der Waals surface area contributed by atoms with Crippen LogP contribution in [0, 0.1) is 0 Å². The number of piperazine rings is 1. The number of alkyl halides is 3. The van der Waals surface area contributed by atoms with Crippen LogP contribution in [0.15, 0.2) is 42.5 Å². The number of amides is 1. The van der Waals surface area contributed by atoms with Crippen LogP contribution in [0.3, 0.4) is 0 Å². The quantitative estimate of drug-likeness (QED) is 0.610. The van der Waals surface area contributed by atoms with Gasteiger partial charge in [0.15, 0.2) is 5.13 Å². The Labute approximate surface area is 170 Å². The molecule has 1 aliphatic heterocycles. The van der Waals surface area contributed by atoms with E-state index in [0.29, 0.717) is 26.2 Å². The van der Waals surface area contributed by atoms with Crippen molar-refractivity contribution in [3.05, 3.63) is 59.2 Å². The van der Waals surface area contributed by atoms with Gasteiger partial charge in [-0.15, -0.1) is 0 Å². The first-order valence-corrected chi connectivity index (χ1v) is 10.3. The summed E-state index contributed by atoms with van der Waals surface area (Å²) in [5, 5.41) is 0.940. The minimum Gasteiger partial charge on any atom is -0.345 e. The molecule has 4 nitrogen and oxygen atoms in total. The summed E-state index contributed by atoms with van der Waals surface area (Å²) in [6.45, 7) is 4.43. The Balaban J connectivity index is 1.42. The molecule has 0 bridgehead atoms. The maximum Gasteiger partial charge on any atom is 0.416 e. The van der Waals surface area contributed by atoms with Gasteiger partial charge < -0.3 is 9.80 Å². The van der Waals surface area contributed by atoms with Crippen molar-refractivity contribution >= 4 is 32.6 Å². The SMILES string of the molecule is CCc1ccc2nc(N3CCN(C(=O)c4ccc(C(F)(F)F)cc4)CC3)sc2c1. The van der Waals surface area contributed by atoms with E-state index in [1.165, 1.54) is 17.7 Å². The summed E-state index contributed by atoms with van der Waals surface area (Å²) in [5.41, 5.74) is 1.78. The Bertz CT molecular complexity index is 1020. The van der Waals surface area contributed by atoms with E-state index < -0.39 is 11.7 Å². The number of aryl methyl sites for hydroxylation is 1. The zero-order valence-electron chi connectivity index (χ0n) is 15.9. The van der Waals surface area contributed by atoms with E-state index in [1.54, 1.807) is 16.2 Å². The van der Waals surface area contributed by atoms with Crippen LogP contribution in [0.2, 0.25) is 0 Å². The molecule has 8 heteroatoms. The zero-order valence-corrected chi connectivity index (χ0v) is 16.7. The van der Waals surface area contributed by atoms with E-state index in [0.717, 1.165) is 33.9 Å². The summed E-state index contributed by atoms with van der Waals surface area (Å²) >= 11 is 1.65. The average Bonchev–Trinajstić information content (AvgIpc) is 3.16. The van der Waals surface area contributed by atoms with Gasteiger partial charge in [-0.1, -0.05) is 24.3 Å². The Morgan fingerprint density at radius 3 is 2.38 bits per heavy atom. The van der Waals surface area contributed by atoms with E-state index in [4.69, 9.17) is 4.98 Å². The average molecular weight is 419 g/mol. The first kappa shape index (κ1) is 19.7. The lowest BCUT2D eigenvalue weighted by Gasteiger charge is -2.34. The van der Waals surface area contributed by atoms with Gasteiger partial charge in [-0.05, 0) is 48.4 Å². The predicted molar refractivity (Wildman–Crippen MR) is 109 cm³/mol. The number of rotatable bonds is 3. The Morgan fingerprint density at radius 2 is 1.76 bits per heavy atom. The second-order valence-corrected chi connectivity index (χ2v) is 8.02. The molecule has 152 valence electrons. The van der Waals surface area contributed by atoms with Crippen molar-refractivity contribution in [2.45, 2.75) is 19.5 Å². The molecule has 1 fully saturated rings. The molecule has 0 aliphatic carbocycles. The fourth-order valence-corrected chi connectivity index (χ4v) is 4.48. The van der Waals surface area contributed by atoms with E-state index in [2.05, 4.69) is 24.0 Å². The lowest BCUT2D eigenvalue weighted by Crippen LogP contribution is -2.48. The van der Waals surface area contributed by atoms with Crippen LogP contribution in [0.5, 0.6) is 0 Å². The third-order valence-electron chi connectivity index (χ3n) is 5.15. The fourth-order valence-electron chi connectivity index (χ4n) is 3.40. The number of anilines is 1. The normalized spacial score (nSPS) is 15.2. The molecule has 0 unspecified atom stereocenters. The van der Waals surface area contributed by atoms with Crippen LogP contribution in [0.1, 0.15) is 28.4 Å². The number of aromatic nitrogens is 1. The van der Waals surface area contributed by atoms with E-state index in [-0.39, 0.29) is 11.5 Å². The highest BCUT2D eigenvalue weighted by molar-refractivity contribution is 7.22. The minimum atomic E-state index is -4.40. The zero-order chi connectivity index (χ0) is 20.6. The summed E-state index contributed by atoms with van der Waals surface area (Å²) in [7, 11) is 0. The number of carbonyl (C=O) groups excluding carboxylic acids is 1. The number of thiazole rings is 1. The Kier molecular flexibility index (Phi) is 5.21. The van der Waals surface area contributed by atoms with Crippen molar-refractivity contribution in [2.75, 3.05) is 31.1 Å². The maximum atomic E-state index is 12.7. The number of hydrogen-bond donors (Lipinski definition) is 0. The smallest absolute Gasteiger partial charge is 0.345 e. The number of fused-ring (bicyclic) bond motifs is 1. The van der Waals surface area contributed by atoms with Crippen molar-refractivity contribution in [1.29, 1.82) is 0 Å². The molecule has 3 aromatic rings. The van der Waals surface area contributed by atoms with Gasteiger partial charge >= 0.3 is 6.18 Å². The van der Waals surface area contributed by atoms with Crippen LogP contribution in [0.25, 0.3) is 10.2 Å². The highest BCUT2D eigenvalue weighted by Crippen LogP contribution is 2.31. The molecule has 0 radical (unpaired) electrons. The molecule has 1 aromatic heterocycles. The van der Waals surface area contributed by atoms with Crippen molar-refractivity contribution in [3.8, 4) is 0 Å². The van der Waals surface area contributed by atoms with Gasteiger partial charge in [0.1, 0.15) is 0 Å². The minimum absolute atomic E-state index is 0.240. The highest BCUT2D eigenvalue weighted by Gasteiger charge is 2.31. The molecular weight excluding hydrogens is 399 g/mol. The highest BCUT2D eigenvalue weighted by atomic mass is 32.1. The van der Waals surface area contributed by atoms with E-state index >= 15 is 0 Å². The maximum absolute atomic E-state index is 12.7. The summed E-state index contributed by atoms with van der Waals surface area (Å²) < 4.78 is 39.2. The Morgan fingerprint density at radius 1 is 1.07 bits per heavy atom. The molecule has 0 atom stereocenters. The molecule has 1 amide bonds. The van der Waals surface area contributed by atoms with Crippen LogP contribution >= 0.6 is 11.3 Å². The van der Waals surface area contributed by atoms with Crippen LogP contribution in [-0.2, 0) is 12.6 Å². The molecule has 2 heterocycles. The molecular formula is C21H20F3N3OS. The summed E-state index contributed by atoms with van der Waals surface area (Å²) in [5.74, 6) is -0.240. The lowest BCUT2D eigenvalue weighted by atomic mass is 10.1. The Hall–Kier alpha value is -2.61. The van der Waals surface area contributed by atoms with Crippen molar-refractivity contribution < 1.29 is 18.0 Å². The van der Waals surface area contributed by atoms with Gasteiger partial charge in [0, 0.05) is 31.7 Å². The van der Waals surface area contributed by atoms with Gasteiger partial charge in [0.05, 0.1) is 15.8 Å². The van der Waals surface area contributed by atoms with Crippen molar-refractivity contribution in [1.82, 2.24) is 9.88 Å². The lowest BCUT2D eigenvalue weighted by molar-refractivity contribution is -0.137. The topological polar surface area (TPSA) is 36.4 Å². The molecule has 29 heavy (non-hydrogen) atoms. The second-order valence-electron chi connectivity index (χ2n) is 7.01. The van der Waals surface area contributed by atoms with Gasteiger partial charge in [0.2, 0.25) is 0 Å². The van der Waals surface area contributed by atoms with Crippen molar-refractivity contribution in [2.24, 2.45) is 0 Å². The first-order valence-electron chi connectivity index (χ1n) is 9.46. The second kappa shape index (κ2) is 7.67. The number of carbonyl (C=O) groups is 1. The molecule has 1 aliphatic rings. The molecule has 4 rings (SSSR count). The third kappa shape index (κ3) is 4.07. The number of hydrogen-bond acceptors (Lipinski definition) is 4. The van der Waals surface area contributed by atoms with Crippen LogP contribution in [-0.4, -0.2) is 42.0 Å². The van der Waals surface area contributed by atoms with Crippen molar-refractivity contribution in [3.63, 3.8) is 0 Å². The predicted octanol–water partition coefficient (Wildman–Crippen LogP) is 4.84. The molecule has 0 N–H and O–H groups in total. The first-order chi connectivity index (χ1) is 13.8. The number of nitrogens with zero attached hydrogens (tertiary/aromatic N) is 3. The van der Waals surface area contributed by atoms with E-state index in [1.807, 2.05) is 6.07 Å². The summed E-state index contributed by atoms with van der Waals surface area (Å²) in [6, 6.07) is 10.7. The number of halogens is 3. The van der Waals surface area contributed by atoms with Crippen LogP contribution in [0.4, 0.5) is 18.3 Å². The standard InChI is InChI=1S/C21H20F3N3OS/c1-2-14-3-8-17-18(13-14)29-20(25-17)27-11-9-26(10-12-27)19(28)15-4-6-16(7-5-15)21(22,23)24/h3-8,13H,2,9-12H2,1H3. The monoisotopic (exact) mass is 419 g/mol. The van der Waals surface area contributed by atoms with Crippen LogP contribution < -0.4 is 4.90 Å². The summed E-state index contributed by atoms with van der Waals surface area (Å²) in [6.07, 6.45) is -3.42. The third-order valence-corrected chi connectivity index (χ3v) is 6.23.